The Balaban J connectivity index is 1.80. The molecule has 0 aromatic carbocycles. The van der Waals surface area contributed by atoms with Gasteiger partial charge in [0.15, 0.2) is 5.82 Å². The smallest absolute Gasteiger partial charge is 0.307 e. The molecule has 0 radical (unpaired) electrons. The van der Waals surface area contributed by atoms with Crippen LogP contribution in [0.1, 0.15) is 17.9 Å². The molecule has 2 atom stereocenters. The Labute approximate surface area is 96.9 Å². The summed E-state index contributed by atoms with van der Waals surface area (Å²) in [6.07, 6.45) is 5.43. The van der Waals surface area contributed by atoms with Crippen LogP contribution in [0.4, 0.5) is 0 Å². The van der Waals surface area contributed by atoms with Gasteiger partial charge >= 0.3 is 5.97 Å². The van der Waals surface area contributed by atoms with Crippen molar-refractivity contribution in [1.29, 1.82) is 0 Å². The van der Waals surface area contributed by atoms with Crippen molar-refractivity contribution in [2.75, 3.05) is 0 Å². The van der Waals surface area contributed by atoms with E-state index >= 15 is 0 Å². The fourth-order valence-electron chi connectivity index (χ4n) is 1.92. The molecule has 6 heteroatoms. The first-order valence-corrected chi connectivity index (χ1v) is 5.29. The molecule has 1 aliphatic carbocycles. The van der Waals surface area contributed by atoms with Crippen LogP contribution in [0.2, 0.25) is 0 Å². The Morgan fingerprint density at radius 3 is 2.88 bits per heavy atom. The number of carboxylic acid groups (broad SMARTS) is 1. The molecule has 0 saturated heterocycles. The van der Waals surface area contributed by atoms with Crippen LogP contribution in [0.5, 0.6) is 0 Å². The van der Waals surface area contributed by atoms with E-state index in [1.807, 2.05) is 12.1 Å². The zero-order valence-electron chi connectivity index (χ0n) is 8.89. The van der Waals surface area contributed by atoms with Gasteiger partial charge in [-0.05, 0) is 24.0 Å². The van der Waals surface area contributed by atoms with E-state index in [0.29, 0.717) is 12.2 Å². The molecule has 6 nitrogen and oxygen atoms in total. The van der Waals surface area contributed by atoms with Crippen molar-refractivity contribution < 1.29 is 9.90 Å². The number of hydrogen-bond donors (Lipinski definition) is 1. The quantitative estimate of drug-likeness (QED) is 0.845. The highest BCUT2D eigenvalue weighted by Crippen LogP contribution is 2.47. The van der Waals surface area contributed by atoms with E-state index in [4.69, 9.17) is 5.11 Å². The van der Waals surface area contributed by atoms with Crippen molar-refractivity contribution in [2.24, 2.45) is 5.92 Å². The predicted molar refractivity (Wildman–Crippen MR) is 57.6 cm³/mol. The van der Waals surface area contributed by atoms with Crippen molar-refractivity contribution >= 4 is 5.97 Å². The maximum atomic E-state index is 10.8. The van der Waals surface area contributed by atoms with E-state index in [-0.39, 0.29) is 11.8 Å². The second-order valence-corrected chi connectivity index (χ2v) is 4.08. The molecular weight excluding hydrogens is 220 g/mol. The lowest BCUT2D eigenvalue weighted by Crippen LogP contribution is -2.01. The summed E-state index contributed by atoms with van der Waals surface area (Å²) in [5, 5.41) is 12.8. The number of aromatic nitrogens is 4. The molecule has 86 valence electrons. The van der Waals surface area contributed by atoms with Crippen molar-refractivity contribution in [3.05, 3.63) is 36.5 Å². The van der Waals surface area contributed by atoms with Crippen LogP contribution < -0.4 is 0 Å². The zero-order valence-corrected chi connectivity index (χ0v) is 8.89. The van der Waals surface area contributed by atoms with Gasteiger partial charge < -0.3 is 5.11 Å². The lowest BCUT2D eigenvalue weighted by atomic mass is 10.1. The molecule has 0 bridgehead atoms. The molecule has 0 unspecified atom stereocenters. The highest BCUT2D eigenvalue weighted by atomic mass is 16.4. The first-order valence-electron chi connectivity index (χ1n) is 5.29. The monoisotopic (exact) mass is 230 g/mol. The maximum Gasteiger partial charge on any atom is 0.307 e. The van der Waals surface area contributed by atoms with E-state index in [9.17, 15) is 4.79 Å². The van der Waals surface area contributed by atoms with E-state index in [1.54, 1.807) is 17.2 Å². The average molecular weight is 230 g/mol. The number of carboxylic acids is 1. The number of aliphatic carboxylic acids is 1. The third-order valence-corrected chi connectivity index (χ3v) is 2.96. The van der Waals surface area contributed by atoms with Gasteiger partial charge in [0.25, 0.3) is 0 Å². The number of pyridine rings is 1. The third-order valence-electron chi connectivity index (χ3n) is 2.96. The molecule has 2 heterocycles. The zero-order chi connectivity index (χ0) is 11.8. The van der Waals surface area contributed by atoms with Crippen molar-refractivity contribution in [3.8, 4) is 5.82 Å². The van der Waals surface area contributed by atoms with Crippen LogP contribution in [0.25, 0.3) is 5.82 Å². The fourth-order valence-corrected chi connectivity index (χ4v) is 1.92. The Bertz CT molecular complexity index is 535. The molecule has 2 aromatic heterocycles. The standard InChI is InChI=1S/C11H10N4O2/c16-11(17)9-3-8(9)7-1-2-10(13-4-7)15-6-12-5-14-15/h1-2,4-6,8-9H,3H2,(H,16,17)/t8-,9+/m0/s1. The normalized spacial score (nSPS) is 22.4. The van der Waals surface area contributed by atoms with Gasteiger partial charge in [0.05, 0.1) is 5.92 Å². The molecule has 3 rings (SSSR count). The first-order chi connectivity index (χ1) is 8.25. The first kappa shape index (κ1) is 9.95. The Hall–Kier alpha value is -2.24. The minimum atomic E-state index is -0.727. The summed E-state index contributed by atoms with van der Waals surface area (Å²) < 4.78 is 1.56. The second kappa shape index (κ2) is 3.65. The summed E-state index contributed by atoms with van der Waals surface area (Å²) in [6.45, 7) is 0. The van der Waals surface area contributed by atoms with E-state index < -0.39 is 5.97 Å². The summed E-state index contributed by atoms with van der Waals surface area (Å²) >= 11 is 0. The Kier molecular flexibility index (Phi) is 2.14. The summed E-state index contributed by atoms with van der Waals surface area (Å²) in [4.78, 5) is 18.8. The van der Waals surface area contributed by atoms with Crippen LogP contribution >= 0.6 is 0 Å². The highest BCUT2D eigenvalue weighted by Gasteiger charge is 2.44. The van der Waals surface area contributed by atoms with Crippen LogP contribution in [0, 0.1) is 5.92 Å². The fraction of sp³-hybridized carbons (Fsp3) is 0.273. The van der Waals surface area contributed by atoms with Gasteiger partial charge in [-0.3, -0.25) is 4.79 Å². The van der Waals surface area contributed by atoms with Gasteiger partial charge in [0.2, 0.25) is 0 Å². The van der Waals surface area contributed by atoms with Crippen LogP contribution in [-0.2, 0) is 4.79 Å². The summed E-state index contributed by atoms with van der Waals surface area (Å²) in [7, 11) is 0. The summed E-state index contributed by atoms with van der Waals surface area (Å²) in [5.41, 5.74) is 0.973. The summed E-state index contributed by atoms with van der Waals surface area (Å²) in [6, 6.07) is 3.72. The molecule has 0 amide bonds. The Morgan fingerprint density at radius 2 is 2.35 bits per heavy atom. The lowest BCUT2D eigenvalue weighted by Gasteiger charge is -2.01. The van der Waals surface area contributed by atoms with Crippen molar-refractivity contribution in [3.63, 3.8) is 0 Å². The molecule has 0 aliphatic heterocycles. The largest absolute Gasteiger partial charge is 0.481 e. The van der Waals surface area contributed by atoms with Gasteiger partial charge in [0, 0.05) is 6.20 Å². The van der Waals surface area contributed by atoms with Crippen LogP contribution in [0.15, 0.2) is 31.0 Å². The minimum Gasteiger partial charge on any atom is -0.481 e. The van der Waals surface area contributed by atoms with Crippen molar-refractivity contribution in [2.45, 2.75) is 12.3 Å². The lowest BCUT2D eigenvalue weighted by molar-refractivity contribution is -0.138. The molecule has 1 fully saturated rings. The number of carbonyl (C=O) groups is 1. The van der Waals surface area contributed by atoms with E-state index in [0.717, 1.165) is 5.56 Å². The van der Waals surface area contributed by atoms with Gasteiger partial charge in [-0.25, -0.2) is 14.6 Å². The third kappa shape index (κ3) is 1.77. The predicted octanol–water partition coefficient (Wildman–Crippen LogP) is 0.850. The molecule has 1 N–H and O–H groups in total. The molecule has 1 saturated carbocycles. The van der Waals surface area contributed by atoms with Crippen LogP contribution in [0.3, 0.4) is 0 Å². The van der Waals surface area contributed by atoms with E-state index in [2.05, 4.69) is 15.1 Å². The number of nitrogens with zero attached hydrogens (tertiary/aromatic N) is 4. The van der Waals surface area contributed by atoms with Gasteiger partial charge in [-0.15, -0.1) is 0 Å². The number of hydrogen-bond acceptors (Lipinski definition) is 4. The highest BCUT2D eigenvalue weighted by molar-refractivity contribution is 5.75. The molecule has 1 aliphatic rings. The van der Waals surface area contributed by atoms with Crippen LogP contribution in [-0.4, -0.2) is 30.8 Å². The maximum absolute atomic E-state index is 10.8. The Morgan fingerprint density at radius 1 is 1.47 bits per heavy atom. The number of rotatable bonds is 3. The average Bonchev–Trinajstić information content (AvgIpc) is 2.97. The molecular formula is C11H10N4O2. The molecule has 0 spiro atoms. The van der Waals surface area contributed by atoms with Gasteiger partial charge in [0.1, 0.15) is 12.7 Å². The SMILES string of the molecule is O=C(O)[C@@H]1C[C@H]1c1ccc(-n2cncn2)nc1. The topological polar surface area (TPSA) is 80.9 Å². The van der Waals surface area contributed by atoms with Crippen molar-refractivity contribution in [1.82, 2.24) is 19.7 Å². The molecule has 2 aromatic rings. The molecule has 17 heavy (non-hydrogen) atoms. The van der Waals surface area contributed by atoms with E-state index in [1.165, 1.54) is 6.33 Å². The van der Waals surface area contributed by atoms with Gasteiger partial charge in [-0.2, -0.15) is 5.10 Å². The minimum absolute atomic E-state index is 0.116. The summed E-state index contributed by atoms with van der Waals surface area (Å²) in [5.74, 6) is -0.173. The van der Waals surface area contributed by atoms with Gasteiger partial charge in [-0.1, -0.05) is 6.07 Å². The second-order valence-electron chi connectivity index (χ2n) is 4.08.